The van der Waals surface area contributed by atoms with Crippen LogP contribution in [0.2, 0.25) is 0 Å². The maximum atomic E-state index is 13.8. The van der Waals surface area contributed by atoms with Gasteiger partial charge >= 0.3 is 0 Å². The molecule has 1 aliphatic rings. The van der Waals surface area contributed by atoms with Gasteiger partial charge in [-0.05, 0) is 24.1 Å². The number of nitrogens with one attached hydrogen (secondary N) is 1. The minimum absolute atomic E-state index is 0.0473. The van der Waals surface area contributed by atoms with E-state index in [-0.39, 0.29) is 17.9 Å². The third-order valence-electron chi connectivity index (χ3n) is 2.64. The topological polar surface area (TPSA) is 29.1 Å². The zero-order valence-corrected chi connectivity index (χ0v) is 8.34. The van der Waals surface area contributed by atoms with Crippen LogP contribution in [-0.4, -0.2) is 11.9 Å². The van der Waals surface area contributed by atoms with Gasteiger partial charge < -0.3 is 5.32 Å². The van der Waals surface area contributed by atoms with E-state index >= 15 is 0 Å². The fourth-order valence-corrected chi connectivity index (χ4v) is 1.77. The molecule has 0 saturated carbocycles. The summed E-state index contributed by atoms with van der Waals surface area (Å²) in [5.41, 5.74) is 0.0473. The monoisotopic (exact) mass is 229 g/mol. The molecule has 1 N–H and O–H groups in total. The van der Waals surface area contributed by atoms with Crippen LogP contribution in [0.3, 0.4) is 0 Å². The van der Waals surface area contributed by atoms with Crippen molar-refractivity contribution in [1.82, 2.24) is 5.32 Å². The molecule has 0 aromatic heterocycles. The summed E-state index contributed by atoms with van der Waals surface area (Å²) < 4.78 is 39.3. The average Bonchev–Trinajstić information content (AvgIpc) is 2.68. The van der Waals surface area contributed by atoms with Gasteiger partial charge in [0.25, 0.3) is 0 Å². The molecule has 0 radical (unpaired) electrons. The molecule has 0 aliphatic carbocycles. The van der Waals surface area contributed by atoms with E-state index in [1.54, 1.807) is 0 Å². The molecule has 16 heavy (non-hydrogen) atoms. The second-order valence-corrected chi connectivity index (χ2v) is 3.79. The summed E-state index contributed by atoms with van der Waals surface area (Å²) in [5, 5.41) is 2.46. The van der Waals surface area contributed by atoms with E-state index in [1.807, 2.05) is 0 Å². The zero-order valence-electron chi connectivity index (χ0n) is 8.34. The van der Waals surface area contributed by atoms with Crippen molar-refractivity contribution in [1.29, 1.82) is 0 Å². The van der Waals surface area contributed by atoms with Crippen LogP contribution in [0.4, 0.5) is 13.2 Å². The molecule has 1 aliphatic heterocycles. The van der Waals surface area contributed by atoms with Gasteiger partial charge in [-0.1, -0.05) is 6.07 Å². The summed E-state index contributed by atoms with van der Waals surface area (Å²) in [5.74, 6) is -2.30. The van der Waals surface area contributed by atoms with E-state index < -0.39 is 23.8 Å². The molecule has 1 amide bonds. The second-order valence-electron chi connectivity index (χ2n) is 3.79. The highest BCUT2D eigenvalue weighted by Gasteiger charge is 2.30. The van der Waals surface area contributed by atoms with Crippen molar-refractivity contribution in [2.45, 2.75) is 25.1 Å². The number of amides is 1. The SMILES string of the molecule is O=C1CCC(C(F)c2ccc(F)c(F)c2)N1. The van der Waals surface area contributed by atoms with Crippen molar-refractivity contribution in [3.05, 3.63) is 35.4 Å². The predicted octanol–water partition coefficient (Wildman–Crippen LogP) is 2.25. The van der Waals surface area contributed by atoms with E-state index in [2.05, 4.69) is 5.32 Å². The van der Waals surface area contributed by atoms with Gasteiger partial charge in [-0.15, -0.1) is 0 Å². The molecule has 2 unspecified atom stereocenters. The summed E-state index contributed by atoms with van der Waals surface area (Å²) in [6.45, 7) is 0. The Morgan fingerprint density at radius 3 is 2.62 bits per heavy atom. The largest absolute Gasteiger partial charge is 0.350 e. The van der Waals surface area contributed by atoms with Gasteiger partial charge in [0.2, 0.25) is 5.91 Å². The summed E-state index contributed by atoms with van der Waals surface area (Å²) in [7, 11) is 0. The van der Waals surface area contributed by atoms with Crippen molar-refractivity contribution in [3.63, 3.8) is 0 Å². The average molecular weight is 229 g/mol. The van der Waals surface area contributed by atoms with E-state index in [9.17, 15) is 18.0 Å². The number of hydrogen-bond donors (Lipinski definition) is 1. The van der Waals surface area contributed by atoms with Crippen LogP contribution in [0.5, 0.6) is 0 Å². The molecule has 1 aromatic rings. The normalized spacial score (nSPS) is 21.9. The van der Waals surface area contributed by atoms with Crippen molar-refractivity contribution < 1.29 is 18.0 Å². The molecule has 86 valence electrons. The molecule has 2 nitrogen and oxygen atoms in total. The maximum Gasteiger partial charge on any atom is 0.220 e. The standard InChI is InChI=1S/C11H10F3NO/c12-7-2-1-6(5-8(7)13)11(14)9-3-4-10(16)15-9/h1-2,5,9,11H,3-4H2,(H,15,16). The highest BCUT2D eigenvalue weighted by atomic mass is 19.2. The van der Waals surface area contributed by atoms with Crippen LogP contribution < -0.4 is 5.32 Å². The van der Waals surface area contributed by atoms with Crippen molar-refractivity contribution in [2.75, 3.05) is 0 Å². The molecule has 0 bridgehead atoms. The van der Waals surface area contributed by atoms with E-state index in [4.69, 9.17) is 0 Å². The number of halogens is 3. The summed E-state index contributed by atoms with van der Waals surface area (Å²) in [6.07, 6.45) is -0.852. The predicted molar refractivity (Wildman–Crippen MR) is 51.4 cm³/mol. The van der Waals surface area contributed by atoms with E-state index in [0.29, 0.717) is 6.42 Å². The fourth-order valence-electron chi connectivity index (χ4n) is 1.77. The van der Waals surface area contributed by atoms with Gasteiger partial charge in [0.05, 0.1) is 6.04 Å². The summed E-state index contributed by atoms with van der Waals surface area (Å²) >= 11 is 0. The van der Waals surface area contributed by atoms with Crippen LogP contribution in [0.15, 0.2) is 18.2 Å². The van der Waals surface area contributed by atoms with Gasteiger partial charge in [0.15, 0.2) is 11.6 Å². The Hall–Kier alpha value is -1.52. The van der Waals surface area contributed by atoms with Crippen molar-refractivity contribution in [2.24, 2.45) is 0 Å². The van der Waals surface area contributed by atoms with Crippen LogP contribution in [0.25, 0.3) is 0 Å². The Morgan fingerprint density at radius 1 is 1.31 bits per heavy atom. The lowest BCUT2D eigenvalue weighted by atomic mass is 10.0. The fraction of sp³-hybridized carbons (Fsp3) is 0.364. The van der Waals surface area contributed by atoms with Crippen molar-refractivity contribution >= 4 is 5.91 Å². The summed E-state index contributed by atoms with van der Waals surface area (Å²) in [4.78, 5) is 10.9. The number of hydrogen-bond acceptors (Lipinski definition) is 1. The van der Waals surface area contributed by atoms with Gasteiger partial charge in [0.1, 0.15) is 6.17 Å². The quantitative estimate of drug-likeness (QED) is 0.828. The molecule has 2 rings (SSSR count). The van der Waals surface area contributed by atoms with Crippen LogP contribution in [0, 0.1) is 11.6 Å². The lowest BCUT2D eigenvalue weighted by molar-refractivity contribution is -0.119. The molecule has 0 spiro atoms. The van der Waals surface area contributed by atoms with Gasteiger partial charge in [-0.3, -0.25) is 4.79 Å². The zero-order chi connectivity index (χ0) is 11.7. The first-order chi connectivity index (χ1) is 7.58. The number of benzene rings is 1. The number of rotatable bonds is 2. The Labute approximate surface area is 90.5 Å². The minimum Gasteiger partial charge on any atom is -0.350 e. The van der Waals surface area contributed by atoms with Gasteiger partial charge in [0, 0.05) is 6.42 Å². The van der Waals surface area contributed by atoms with E-state index in [1.165, 1.54) is 6.07 Å². The third kappa shape index (κ3) is 2.03. The molecule has 1 fully saturated rings. The number of carbonyl (C=O) groups is 1. The molecule has 1 saturated heterocycles. The smallest absolute Gasteiger partial charge is 0.220 e. The maximum absolute atomic E-state index is 13.8. The van der Waals surface area contributed by atoms with Crippen LogP contribution >= 0.6 is 0 Å². The van der Waals surface area contributed by atoms with Crippen LogP contribution in [0.1, 0.15) is 24.6 Å². The highest BCUT2D eigenvalue weighted by Crippen LogP contribution is 2.27. The first kappa shape index (κ1) is 11.0. The molecule has 5 heteroatoms. The van der Waals surface area contributed by atoms with E-state index in [0.717, 1.165) is 12.1 Å². The Bertz CT molecular complexity index is 422. The lowest BCUT2D eigenvalue weighted by Gasteiger charge is -2.15. The molecular formula is C11H10F3NO. The minimum atomic E-state index is -1.50. The highest BCUT2D eigenvalue weighted by molar-refractivity contribution is 5.78. The lowest BCUT2D eigenvalue weighted by Crippen LogP contribution is -2.29. The Morgan fingerprint density at radius 2 is 2.06 bits per heavy atom. The third-order valence-corrected chi connectivity index (χ3v) is 2.64. The Balaban J connectivity index is 2.17. The molecule has 1 aromatic carbocycles. The molecule has 2 atom stereocenters. The first-order valence-electron chi connectivity index (χ1n) is 4.96. The number of alkyl halides is 1. The molecule has 1 heterocycles. The first-order valence-corrected chi connectivity index (χ1v) is 4.96. The summed E-state index contributed by atoms with van der Waals surface area (Å²) in [6, 6.07) is 2.25. The van der Waals surface area contributed by atoms with Crippen molar-refractivity contribution in [3.8, 4) is 0 Å². The molecular weight excluding hydrogens is 219 g/mol. The second kappa shape index (κ2) is 4.15. The van der Waals surface area contributed by atoms with Gasteiger partial charge in [-0.2, -0.15) is 0 Å². The number of carbonyl (C=O) groups excluding carboxylic acids is 1. The van der Waals surface area contributed by atoms with Crippen LogP contribution in [-0.2, 0) is 4.79 Å². The Kier molecular flexibility index (Phi) is 2.85. The van der Waals surface area contributed by atoms with Gasteiger partial charge in [-0.25, -0.2) is 13.2 Å².